The minimum absolute atomic E-state index is 0.313. The molecule has 0 radical (unpaired) electrons. The molecule has 1 unspecified atom stereocenters. The molecule has 1 nitrogen and oxygen atoms in total. The lowest BCUT2D eigenvalue weighted by Crippen LogP contribution is -1.99. The normalized spacial score (nSPS) is 12.1. The SMILES string of the molecule is C=CC(=C)C(C)c1ccc(N)cc1C. The molecule has 0 heterocycles. The highest BCUT2D eigenvalue weighted by atomic mass is 14.5. The Balaban J connectivity index is 3.07. The van der Waals surface area contributed by atoms with Gasteiger partial charge >= 0.3 is 0 Å². The van der Waals surface area contributed by atoms with Crippen molar-refractivity contribution in [2.24, 2.45) is 0 Å². The molecule has 1 rings (SSSR count). The van der Waals surface area contributed by atoms with E-state index in [4.69, 9.17) is 5.73 Å². The number of nitrogens with two attached hydrogens (primary N) is 1. The van der Waals surface area contributed by atoms with Crippen LogP contribution in [0.5, 0.6) is 0 Å². The van der Waals surface area contributed by atoms with E-state index < -0.39 is 0 Å². The second-order valence-electron chi connectivity index (χ2n) is 3.62. The number of allylic oxidation sites excluding steroid dienone is 2. The van der Waals surface area contributed by atoms with Crippen LogP contribution < -0.4 is 5.73 Å². The molecule has 0 spiro atoms. The summed E-state index contributed by atoms with van der Waals surface area (Å²) in [5, 5.41) is 0. The lowest BCUT2D eigenvalue weighted by atomic mass is 9.90. The molecule has 0 saturated carbocycles. The Morgan fingerprint density at radius 3 is 2.64 bits per heavy atom. The van der Waals surface area contributed by atoms with Gasteiger partial charge in [0.2, 0.25) is 0 Å². The van der Waals surface area contributed by atoms with Crippen LogP contribution in [-0.4, -0.2) is 0 Å². The predicted molar refractivity (Wildman–Crippen MR) is 63.3 cm³/mol. The quantitative estimate of drug-likeness (QED) is 0.569. The Morgan fingerprint density at radius 2 is 2.14 bits per heavy atom. The topological polar surface area (TPSA) is 26.0 Å². The molecule has 0 aromatic heterocycles. The molecule has 0 aliphatic rings. The predicted octanol–water partition coefficient (Wildman–Crippen LogP) is 3.42. The van der Waals surface area contributed by atoms with E-state index in [1.54, 1.807) is 6.08 Å². The zero-order valence-corrected chi connectivity index (χ0v) is 8.88. The van der Waals surface area contributed by atoms with Crippen LogP contribution in [0.2, 0.25) is 0 Å². The summed E-state index contributed by atoms with van der Waals surface area (Å²) in [6.07, 6.45) is 1.81. The number of hydrogen-bond acceptors (Lipinski definition) is 1. The molecule has 0 bridgehead atoms. The molecule has 0 aliphatic heterocycles. The molecule has 0 saturated heterocycles. The second kappa shape index (κ2) is 4.14. The number of anilines is 1. The van der Waals surface area contributed by atoms with E-state index in [1.165, 1.54) is 11.1 Å². The summed E-state index contributed by atoms with van der Waals surface area (Å²) in [6.45, 7) is 11.9. The van der Waals surface area contributed by atoms with E-state index in [0.29, 0.717) is 5.92 Å². The van der Waals surface area contributed by atoms with E-state index in [0.717, 1.165) is 11.3 Å². The van der Waals surface area contributed by atoms with Crippen molar-refractivity contribution in [3.05, 3.63) is 54.1 Å². The smallest absolute Gasteiger partial charge is 0.0316 e. The van der Waals surface area contributed by atoms with E-state index in [1.807, 2.05) is 12.1 Å². The average Bonchev–Trinajstić information content (AvgIpc) is 2.15. The van der Waals surface area contributed by atoms with Gasteiger partial charge in [0.15, 0.2) is 0 Å². The Morgan fingerprint density at radius 1 is 1.50 bits per heavy atom. The van der Waals surface area contributed by atoms with Gasteiger partial charge in [-0.3, -0.25) is 0 Å². The maximum absolute atomic E-state index is 5.69. The Kier molecular flexibility index (Phi) is 3.13. The molecule has 1 aromatic carbocycles. The van der Waals surface area contributed by atoms with Crippen LogP contribution >= 0.6 is 0 Å². The first-order valence-electron chi connectivity index (χ1n) is 4.73. The van der Waals surface area contributed by atoms with Gasteiger partial charge in [-0.15, -0.1) is 0 Å². The molecule has 0 aliphatic carbocycles. The van der Waals surface area contributed by atoms with E-state index in [9.17, 15) is 0 Å². The van der Waals surface area contributed by atoms with Gasteiger partial charge < -0.3 is 5.73 Å². The highest BCUT2D eigenvalue weighted by Crippen LogP contribution is 2.27. The highest BCUT2D eigenvalue weighted by molar-refractivity contribution is 5.47. The Hall–Kier alpha value is -1.50. The van der Waals surface area contributed by atoms with Gasteiger partial charge in [0, 0.05) is 11.6 Å². The van der Waals surface area contributed by atoms with Gasteiger partial charge in [-0.05, 0) is 35.8 Å². The Labute approximate surface area is 85.9 Å². The maximum Gasteiger partial charge on any atom is 0.0316 e. The fraction of sp³-hybridized carbons (Fsp3) is 0.231. The molecule has 2 N–H and O–H groups in total. The van der Waals surface area contributed by atoms with Crippen molar-refractivity contribution in [2.75, 3.05) is 5.73 Å². The van der Waals surface area contributed by atoms with Crippen LogP contribution in [0.25, 0.3) is 0 Å². The zero-order valence-electron chi connectivity index (χ0n) is 8.88. The highest BCUT2D eigenvalue weighted by Gasteiger charge is 2.09. The molecular weight excluding hydrogens is 170 g/mol. The summed E-state index contributed by atoms with van der Waals surface area (Å²) in [7, 11) is 0. The summed E-state index contributed by atoms with van der Waals surface area (Å²) in [6, 6.07) is 5.97. The number of benzene rings is 1. The molecule has 0 amide bonds. The third-order valence-corrected chi connectivity index (χ3v) is 2.58. The minimum atomic E-state index is 0.313. The average molecular weight is 187 g/mol. The van der Waals surface area contributed by atoms with Crippen molar-refractivity contribution < 1.29 is 0 Å². The summed E-state index contributed by atoms with van der Waals surface area (Å²) < 4.78 is 0. The molecule has 0 fully saturated rings. The first-order chi connectivity index (χ1) is 6.56. The van der Waals surface area contributed by atoms with Crippen molar-refractivity contribution in [1.29, 1.82) is 0 Å². The summed E-state index contributed by atoms with van der Waals surface area (Å²) in [5.41, 5.74) is 10.0. The van der Waals surface area contributed by atoms with Gasteiger partial charge in [0.05, 0.1) is 0 Å². The zero-order chi connectivity index (χ0) is 10.7. The second-order valence-corrected chi connectivity index (χ2v) is 3.62. The van der Waals surface area contributed by atoms with Gasteiger partial charge in [0.1, 0.15) is 0 Å². The standard InChI is InChI=1S/C13H17N/c1-5-9(2)11(4)13-7-6-12(14)8-10(13)3/h5-8,11H,1-2,14H2,3-4H3. The van der Waals surface area contributed by atoms with Crippen molar-refractivity contribution in [1.82, 2.24) is 0 Å². The van der Waals surface area contributed by atoms with Crippen LogP contribution in [0.4, 0.5) is 5.69 Å². The lowest BCUT2D eigenvalue weighted by molar-refractivity contribution is 0.915. The molecule has 1 atom stereocenters. The monoisotopic (exact) mass is 187 g/mol. The first-order valence-corrected chi connectivity index (χ1v) is 4.73. The Bertz CT molecular complexity index is 363. The van der Waals surface area contributed by atoms with Crippen LogP contribution in [0.3, 0.4) is 0 Å². The molecule has 74 valence electrons. The van der Waals surface area contributed by atoms with E-state index in [-0.39, 0.29) is 0 Å². The molecular formula is C13H17N. The van der Waals surface area contributed by atoms with Crippen LogP contribution in [-0.2, 0) is 0 Å². The van der Waals surface area contributed by atoms with Gasteiger partial charge in [-0.2, -0.15) is 0 Å². The number of nitrogen functional groups attached to an aromatic ring is 1. The summed E-state index contributed by atoms with van der Waals surface area (Å²) in [4.78, 5) is 0. The van der Waals surface area contributed by atoms with Crippen LogP contribution in [0.1, 0.15) is 24.0 Å². The van der Waals surface area contributed by atoms with Crippen molar-refractivity contribution in [3.8, 4) is 0 Å². The van der Waals surface area contributed by atoms with Gasteiger partial charge in [-0.1, -0.05) is 32.2 Å². The van der Waals surface area contributed by atoms with E-state index >= 15 is 0 Å². The van der Waals surface area contributed by atoms with Gasteiger partial charge in [-0.25, -0.2) is 0 Å². The number of hydrogen-bond donors (Lipinski definition) is 1. The largest absolute Gasteiger partial charge is 0.399 e. The molecule has 14 heavy (non-hydrogen) atoms. The van der Waals surface area contributed by atoms with Gasteiger partial charge in [0.25, 0.3) is 0 Å². The molecule has 1 aromatic rings. The van der Waals surface area contributed by atoms with Crippen LogP contribution in [0, 0.1) is 6.92 Å². The summed E-state index contributed by atoms with van der Waals surface area (Å²) >= 11 is 0. The fourth-order valence-corrected chi connectivity index (χ4v) is 1.56. The lowest BCUT2D eigenvalue weighted by Gasteiger charge is -2.15. The molecule has 1 heteroatoms. The maximum atomic E-state index is 5.69. The third kappa shape index (κ3) is 2.05. The van der Waals surface area contributed by atoms with Crippen molar-refractivity contribution in [2.45, 2.75) is 19.8 Å². The summed E-state index contributed by atoms with van der Waals surface area (Å²) in [5.74, 6) is 0.313. The minimum Gasteiger partial charge on any atom is -0.399 e. The first kappa shape index (κ1) is 10.6. The van der Waals surface area contributed by atoms with Crippen LogP contribution in [0.15, 0.2) is 43.0 Å². The number of aryl methyl sites for hydroxylation is 1. The number of rotatable bonds is 3. The third-order valence-electron chi connectivity index (χ3n) is 2.58. The fourth-order valence-electron chi connectivity index (χ4n) is 1.56. The van der Waals surface area contributed by atoms with E-state index in [2.05, 4.69) is 33.1 Å². The van der Waals surface area contributed by atoms with Crippen molar-refractivity contribution in [3.63, 3.8) is 0 Å². The van der Waals surface area contributed by atoms with Crippen molar-refractivity contribution >= 4 is 5.69 Å².